The van der Waals surface area contributed by atoms with Crippen molar-refractivity contribution in [3.63, 3.8) is 0 Å². The molecule has 0 saturated carbocycles. The molecule has 0 radical (unpaired) electrons. The Morgan fingerprint density at radius 3 is 2.28 bits per heavy atom. The minimum Gasteiger partial charge on any atom is -0.356 e. The van der Waals surface area contributed by atoms with Crippen molar-refractivity contribution >= 4 is 29.9 Å². The van der Waals surface area contributed by atoms with Gasteiger partial charge in [0.1, 0.15) is 0 Å². The maximum atomic E-state index is 4.43. The first-order chi connectivity index (χ1) is 11.7. The van der Waals surface area contributed by atoms with Crippen LogP contribution in [0.5, 0.6) is 0 Å². The van der Waals surface area contributed by atoms with Crippen LogP contribution in [0.1, 0.15) is 58.3 Å². The summed E-state index contributed by atoms with van der Waals surface area (Å²) in [7, 11) is 4.14. The van der Waals surface area contributed by atoms with E-state index in [1.807, 2.05) is 7.05 Å². The SMILES string of the molecule is CCCCCNC(=NC)NCC1(N2CCCCC2)CCN(C)CC1.I. The predicted molar refractivity (Wildman–Crippen MR) is 119 cm³/mol. The molecule has 6 heteroatoms. The maximum Gasteiger partial charge on any atom is 0.191 e. The zero-order chi connectivity index (χ0) is 17.3. The molecule has 0 atom stereocenters. The van der Waals surface area contributed by atoms with Gasteiger partial charge in [0.15, 0.2) is 5.96 Å². The van der Waals surface area contributed by atoms with Gasteiger partial charge in [0.05, 0.1) is 0 Å². The lowest BCUT2D eigenvalue weighted by atomic mass is 9.84. The Morgan fingerprint density at radius 2 is 1.68 bits per heavy atom. The molecule has 2 heterocycles. The van der Waals surface area contributed by atoms with Crippen LogP contribution in [0.15, 0.2) is 4.99 Å². The molecule has 0 unspecified atom stereocenters. The van der Waals surface area contributed by atoms with Gasteiger partial charge < -0.3 is 15.5 Å². The van der Waals surface area contributed by atoms with Gasteiger partial charge in [-0.15, -0.1) is 24.0 Å². The summed E-state index contributed by atoms with van der Waals surface area (Å²) in [4.78, 5) is 9.68. The van der Waals surface area contributed by atoms with Crippen molar-refractivity contribution in [3.8, 4) is 0 Å². The van der Waals surface area contributed by atoms with Crippen molar-refractivity contribution in [2.75, 3.05) is 53.4 Å². The molecule has 0 spiro atoms. The fourth-order valence-electron chi connectivity index (χ4n) is 4.06. The summed E-state index contributed by atoms with van der Waals surface area (Å²) < 4.78 is 0. The lowest BCUT2D eigenvalue weighted by Crippen LogP contribution is -2.62. The molecule has 0 aromatic heterocycles. The molecule has 2 aliphatic rings. The molecule has 2 fully saturated rings. The molecule has 148 valence electrons. The van der Waals surface area contributed by atoms with E-state index >= 15 is 0 Å². The number of likely N-dealkylation sites (tertiary alicyclic amines) is 2. The number of piperidine rings is 2. The standard InChI is InChI=1S/C19H39N5.HI/c1-4-5-7-12-21-18(20-2)22-17-19(10-15-23(3)16-11-19)24-13-8-6-9-14-24;/h4-17H2,1-3H3,(H2,20,21,22);1H. The lowest BCUT2D eigenvalue weighted by molar-refractivity contribution is 0.0173. The Morgan fingerprint density at radius 1 is 1.00 bits per heavy atom. The summed E-state index contributed by atoms with van der Waals surface area (Å²) in [6.45, 7) is 9.25. The second kappa shape index (κ2) is 12.3. The van der Waals surface area contributed by atoms with Crippen LogP contribution < -0.4 is 10.6 Å². The zero-order valence-corrected chi connectivity index (χ0v) is 19.0. The molecule has 2 aliphatic heterocycles. The summed E-state index contributed by atoms with van der Waals surface area (Å²) >= 11 is 0. The van der Waals surface area contributed by atoms with Crippen molar-refractivity contribution in [2.45, 2.75) is 63.8 Å². The normalized spacial score (nSPS) is 22.3. The van der Waals surface area contributed by atoms with E-state index in [0.29, 0.717) is 5.54 Å². The van der Waals surface area contributed by atoms with Crippen LogP contribution in [0.4, 0.5) is 0 Å². The van der Waals surface area contributed by atoms with Crippen LogP contribution in [0.25, 0.3) is 0 Å². The number of guanidine groups is 1. The molecule has 2 N–H and O–H groups in total. The van der Waals surface area contributed by atoms with E-state index in [2.05, 4.69) is 39.4 Å². The van der Waals surface area contributed by atoms with E-state index in [1.165, 1.54) is 77.5 Å². The largest absolute Gasteiger partial charge is 0.356 e. The summed E-state index contributed by atoms with van der Waals surface area (Å²) in [5.74, 6) is 0.974. The highest BCUT2D eigenvalue weighted by molar-refractivity contribution is 14.0. The molecule has 2 saturated heterocycles. The summed E-state index contributed by atoms with van der Waals surface area (Å²) in [5, 5.41) is 7.13. The van der Waals surface area contributed by atoms with E-state index in [0.717, 1.165) is 19.0 Å². The van der Waals surface area contributed by atoms with Crippen LogP contribution in [0.2, 0.25) is 0 Å². The third-order valence-electron chi connectivity index (χ3n) is 5.83. The minimum absolute atomic E-state index is 0. The third-order valence-corrected chi connectivity index (χ3v) is 5.83. The molecule has 0 bridgehead atoms. The van der Waals surface area contributed by atoms with Crippen LogP contribution in [-0.4, -0.2) is 74.7 Å². The van der Waals surface area contributed by atoms with Crippen LogP contribution in [-0.2, 0) is 0 Å². The number of nitrogens with zero attached hydrogens (tertiary/aromatic N) is 3. The maximum absolute atomic E-state index is 4.43. The van der Waals surface area contributed by atoms with Gasteiger partial charge in [0.25, 0.3) is 0 Å². The lowest BCUT2D eigenvalue weighted by Gasteiger charge is -2.50. The van der Waals surface area contributed by atoms with Crippen molar-refractivity contribution in [1.82, 2.24) is 20.4 Å². The smallest absolute Gasteiger partial charge is 0.191 e. The van der Waals surface area contributed by atoms with Crippen molar-refractivity contribution in [1.29, 1.82) is 0 Å². The monoisotopic (exact) mass is 465 g/mol. The van der Waals surface area contributed by atoms with E-state index in [4.69, 9.17) is 0 Å². The van der Waals surface area contributed by atoms with Gasteiger partial charge in [-0.25, -0.2) is 0 Å². The van der Waals surface area contributed by atoms with Crippen LogP contribution in [0, 0.1) is 0 Å². The second-order valence-electron chi connectivity index (χ2n) is 7.63. The van der Waals surface area contributed by atoms with Gasteiger partial charge in [0, 0.05) is 25.7 Å². The average Bonchev–Trinajstić information content (AvgIpc) is 2.63. The van der Waals surface area contributed by atoms with Gasteiger partial charge >= 0.3 is 0 Å². The van der Waals surface area contributed by atoms with E-state index in [-0.39, 0.29) is 24.0 Å². The minimum atomic E-state index is 0. The molecule has 0 aliphatic carbocycles. The van der Waals surface area contributed by atoms with Gasteiger partial charge in [-0.05, 0) is 65.3 Å². The summed E-state index contributed by atoms with van der Waals surface area (Å²) in [6.07, 6.45) is 10.4. The average molecular weight is 465 g/mol. The zero-order valence-electron chi connectivity index (χ0n) is 16.6. The van der Waals surface area contributed by atoms with E-state index in [1.54, 1.807) is 0 Å². The van der Waals surface area contributed by atoms with Gasteiger partial charge in [-0.1, -0.05) is 26.2 Å². The van der Waals surface area contributed by atoms with E-state index < -0.39 is 0 Å². The fraction of sp³-hybridized carbons (Fsp3) is 0.947. The van der Waals surface area contributed by atoms with Crippen molar-refractivity contribution < 1.29 is 0 Å². The highest BCUT2D eigenvalue weighted by atomic mass is 127. The van der Waals surface area contributed by atoms with Crippen LogP contribution >= 0.6 is 24.0 Å². The quantitative estimate of drug-likeness (QED) is 0.263. The predicted octanol–water partition coefficient (Wildman–Crippen LogP) is 2.91. The molecular weight excluding hydrogens is 425 g/mol. The van der Waals surface area contributed by atoms with E-state index in [9.17, 15) is 0 Å². The Labute approximate surface area is 172 Å². The molecule has 0 aromatic carbocycles. The number of nitrogens with one attached hydrogen (secondary N) is 2. The van der Waals surface area contributed by atoms with Crippen LogP contribution in [0.3, 0.4) is 0 Å². The van der Waals surface area contributed by atoms with Crippen molar-refractivity contribution in [2.24, 2.45) is 4.99 Å². The number of aliphatic imine (C=N–C) groups is 1. The fourth-order valence-corrected chi connectivity index (χ4v) is 4.06. The Hall–Kier alpha value is -0.0800. The van der Waals surface area contributed by atoms with Gasteiger partial charge in [-0.3, -0.25) is 9.89 Å². The highest BCUT2D eigenvalue weighted by Gasteiger charge is 2.39. The van der Waals surface area contributed by atoms with Gasteiger partial charge in [0.2, 0.25) is 0 Å². The molecule has 25 heavy (non-hydrogen) atoms. The second-order valence-corrected chi connectivity index (χ2v) is 7.63. The number of unbranched alkanes of at least 4 members (excludes halogenated alkanes) is 2. The Bertz CT molecular complexity index is 374. The number of hydrogen-bond acceptors (Lipinski definition) is 3. The molecular formula is C19H40IN5. The third kappa shape index (κ3) is 7.21. The first-order valence-corrected chi connectivity index (χ1v) is 10.1. The topological polar surface area (TPSA) is 42.9 Å². The number of halogens is 1. The first-order valence-electron chi connectivity index (χ1n) is 10.1. The molecule has 5 nitrogen and oxygen atoms in total. The van der Waals surface area contributed by atoms with Gasteiger partial charge in [-0.2, -0.15) is 0 Å². The first kappa shape index (κ1) is 23.0. The highest BCUT2D eigenvalue weighted by Crippen LogP contribution is 2.30. The molecule has 0 amide bonds. The Balaban J connectivity index is 0.00000312. The summed E-state index contributed by atoms with van der Waals surface area (Å²) in [5.41, 5.74) is 0.313. The number of rotatable bonds is 7. The molecule has 0 aromatic rings. The summed E-state index contributed by atoms with van der Waals surface area (Å²) in [6, 6.07) is 0. The van der Waals surface area contributed by atoms with Crippen molar-refractivity contribution in [3.05, 3.63) is 0 Å². The Kier molecular flexibility index (Phi) is 11.3. The number of hydrogen-bond donors (Lipinski definition) is 2. The molecule has 2 rings (SSSR count).